The zero-order valence-electron chi connectivity index (χ0n) is 8.87. The predicted molar refractivity (Wildman–Crippen MR) is 58.5 cm³/mol. The van der Waals surface area contributed by atoms with Crippen LogP contribution in [0.5, 0.6) is 0 Å². The molecule has 0 aliphatic rings. The van der Waals surface area contributed by atoms with Gasteiger partial charge in [-0.15, -0.1) is 0 Å². The molecule has 0 saturated carbocycles. The summed E-state index contributed by atoms with van der Waals surface area (Å²) >= 11 is 3.12. The molecule has 2 aromatic rings. The van der Waals surface area contributed by atoms with E-state index in [1.165, 1.54) is 6.07 Å². The summed E-state index contributed by atoms with van der Waals surface area (Å²) in [5, 5.41) is 0. The average Bonchev–Trinajstić information content (AvgIpc) is 2.59. The van der Waals surface area contributed by atoms with Gasteiger partial charge in [-0.2, -0.15) is 22.0 Å². The molecular formula is C10H6BrF5N2. The highest BCUT2D eigenvalue weighted by molar-refractivity contribution is 9.10. The summed E-state index contributed by atoms with van der Waals surface area (Å²) in [7, 11) is 0. The van der Waals surface area contributed by atoms with Crippen molar-refractivity contribution in [1.82, 2.24) is 9.97 Å². The molecule has 0 spiro atoms. The Morgan fingerprint density at radius 3 is 2.33 bits per heavy atom. The van der Waals surface area contributed by atoms with Crippen LogP contribution in [0, 0.1) is 6.92 Å². The van der Waals surface area contributed by atoms with Crippen LogP contribution < -0.4 is 0 Å². The molecular weight excluding hydrogens is 323 g/mol. The van der Waals surface area contributed by atoms with Crippen molar-refractivity contribution in [2.24, 2.45) is 0 Å². The Labute approximate surface area is 106 Å². The third-order valence-corrected chi connectivity index (χ3v) is 2.85. The lowest BCUT2D eigenvalue weighted by atomic mass is 10.2. The van der Waals surface area contributed by atoms with Gasteiger partial charge >= 0.3 is 12.1 Å². The minimum atomic E-state index is -5.67. The number of aryl methyl sites for hydroxylation is 1. The summed E-state index contributed by atoms with van der Waals surface area (Å²) in [5.74, 6) is -6.39. The molecule has 0 fully saturated rings. The molecule has 0 unspecified atom stereocenters. The van der Waals surface area contributed by atoms with E-state index in [1.807, 2.05) is 4.98 Å². The van der Waals surface area contributed by atoms with Gasteiger partial charge in [-0.05, 0) is 24.6 Å². The molecule has 1 aromatic carbocycles. The summed E-state index contributed by atoms with van der Waals surface area (Å²) in [4.78, 5) is 5.36. The maximum absolute atomic E-state index is 13.1. The zero-order valence-corrected chi connectivity index (χ0v) is 10.5. The SMILES string of the molecule is Cc1cc(Br)cc2[nH]c(C(F)(F)C(F)(F)F)nc12. The fourth-order valence-corrected chi connectivity index (χ4v) is 2.10. The average molecular weight is 329 g/mol. The van der Waals surface area contributed by atoms with Gasteiger partial charge in [0.25, 0.3) is 0 Å². The van der Waals surface area contributed by atoms with E-state index in [-0.39, 0.29) is 11.0 Å². The van der Waals surface area contributed by atoms with Crippen LogP contribution >= 0.6 is 15.9 Å². The quantitative estimate of drug-likeness (QED) is 0.777. The van der Waals surface area contributed by atoms with E-state index in [0.29, 0.717) is 10.0 Å². The number of benzene rings is 1. The number of nitrogens with one attached hydrogen (secondary N) is 1. The van der Waals surface area contributed by atoms with E-state index in [1.54, 1.807) is 13.0 Å². The molecule has 0 amide bonds. The van der Waals surface area contributed by atoms with Crippen LogP contribution in [0.1, 0.15) is 11.4 Å². The maximum atomic E-state index is 13.1. The molecule has 0 radical (unpaired) electrons. The first-order chi connectivity index (χ1) is 8.13. The summed E-state index contributed by atoms with van der Waals surface area (Å²) in [6.07, 6.45) is -5.67. The van der Waals surface area contributed by atoms with Crippen LogP contribution in [0.15, 0.2) is 16.6 Å². The number of aromatic nitrogens is 2. The number of H-pyrrole nitrogens is 1. The topological polar surface area (TPSA) is 28.7 Å². The minimum absolute atomic E-state index is 0.0946. The van der Waals surface area contributed by atoms with Crippen LogP contribution in [0.25, 0.3) is 11.0 Å². The van der Waals surface area contributed by atoms with Crippen LogP contribution in [-0.4, -0.2) is 16.1 Å². The monoisotopic (exact) mass is 328 g/mol. The molecule has 0 saturated heterocycles. The lowest BCUT2D eigenvalue weighted by Gasteiger charge is -2.16. The van der Waals surface area contributed by atoms with E-state index in [2.05, 4.69) is 20.9 Å². The van der Waals surface area contributed by atoms with Gasteiger partial charge in [0.1, 0.15) is 0 Å². The Balaban J connectivity index is 2.65. The third kappa shape index (κ3) is 1.98. The number of rotatable bonds is 1. The number of hydrogen-bond acceptors (Lipinski definition) is 1. The van der Waals surface area contributed by atoms with Crippen molar-refractivity contribution in [3.8, 4) is 0 Å². The lowest BCUT2D eigenvalue weighted by molar-refractivity contribution is -0.292. The van der Waals surface area contributed by atoms with E-state index < -0.39 is 17.9 Å². The van der Waals surface area contributed by atoms with E-state index in [4.69, 9.17) is 0 Å². The number of alkyl halides is 5. The van der Waals surface area contributed by atoms with Gasteiger partial charge in [0.2, 0.25) is 0 Å². The van der Waals surface area contributed by atoms with Gasteiger partial charge in [0, 0.05) is 4.47 Å². The Bertz CT molecular complexity index is 602. The largest absolute Gasteiger partial charge is 0.461 e. The molecule has 1 N–H and O–H groups in total. The first kappa shape index (κ1) is 13.3. The van der Waals surface area contributed by atoms with Gasteiger partial charge in [-0.3, -0.25) is 0 Å². The molecule has 0 aliphatic heterocycles. The van der Waals surface area contributed by atoms with Crippen LogP contribution in [-0.2, 0) is 5.92 Å². The van der Waals surface area contributed by atoms with Gasteiger partial charge in [0.15, 0.2) is 5.82 Å². The smallest absolute Gasteiger partial charge is 0.337 e. The molecule has 1 aromatic heterocycles. The van der Waals surface area contributed by atoms with Crippen LogP contribution in [0.3, 0.4) is 0 Å². The lowest BCUT2D eigenvalue weighted by Crippen LogP contribution is -2.34. The Hall–Kier alpha value is -1.18. The van der Waals surface area contributed by atoms with Crippen LogP contribution in [0.2, 0.25) is 0 Å². The number of imidazole rings is 1. The first-order valence-corrected chi connectivity index (χ1v) is 5.53. The Morgan fingerprint density at radius 2 is 1.78 bits per heavy atom. The fourth-order valence-electron chi connectivity index (χ4n) is 1.53. The summed E-state index contributed by atoms with van der Waals surface area (Å²) in [6.45, 7) is 1.57. The van der Waals surface area contributed by atoms with Crippen LogP contribution in [0.4, 0.5) is 22.0 Å². The molecule has 0 aliphatic carbocycles. The van der Waals surface area contributed by atoms with Crippen molar-refractivity contribution < 1.29 is 22.0 Å². The normalized spacial score (nSPS) is 13.3. The number of aromatic amines is 1. The summed E-state index contributed by atoms with van der Waals surface area (Å²) in [6, 6.07) is 2.98. The van der Waals surface area contributed by atoms with E-state index in [9.17, 15) is 22.0 Å². The highest BCUT2D eigenvalue weighted by Crippen LogP contribution is 2.43. The highest BCUT2D eigenvalue weighted by atomic mass is 79.9. The van der Waals surface area contributed by atoms with Crippen molar-refractivity contribution in [2.45, 2.75) is 19.0 Å². The van der Waals surface area contributed by atoms with Gasteiger partial charge in [0.05, 0.1) is 11.0 Å². The van der Waals surface area contributed by atoms with Crippen molar-refractivity contribution in [2.75, 3.05) is 0 Å². The zero-order chi connectivity index (χ0) is 13.7. The molecule has 1 heterocycles. The van der Waals surface area contributed by atoms with Gasteiger partial charge in [-0.25, -0.2) is 4.98 Å². The Morgan fingerprint density at radius 1 is 1.17 bits per heavy atom. The summed E-state index contributed by atoms with van der Waals surface area (Å²) in [5.41, 5.74) is 0.720. The maximum Gasteiger partial charge on any atom is 0.461 e. The van der Waals surface area contributed by atoms with E-state index >= 15 is 0 Å². The van der Waals surface area contributed by atoms with E-state index in [0.717, 1.165) is 0 Å². The van der Waals surface area contributed by atoms with Crippen molar-refractivity contribution in [1.29, 1.82) is 0 Å². The van der Waals surface area contributed by atoms with Crippen molar-refractivity contribution in [3.05, 3.63) is 28.0 Å². The molecule has 0 bridgehead atoms. The molecule has 2 rings (SSSR count). The standard InChI is InChI=1S/C10H6BrF5N2/c1-4-2-5(11)3-6-7(4)18-8(17-6)9(12,13)10(14,15)16/h2-3H,1H3,(H,17,18). The van der Waals surface area contributed by atoms with Gasteiger partial charge in [-0.1, -0.05) is 15.9 Å². The Kier molecular flexibility index (Phi) is 2.88. The second kappa shape index (κ2) is 3.91. The van der Waals surface area contributed by atoms with Gasteiger partial charge < -0.3 is 4.98 Å². The molecule has 98 valence electrons. The molecule has 8 heteroatoms. The number of hydrogen-bond donors (Lipinski definition) is 1. The predicted octanol–water partition coefficient (Wildman–Crippen LogP) is 4.29. The first-order valence-electron chi connectivity index (χ1n) is 4.74. The third-order valence-electron chi connectivity index (χ3n) is 2.40. The minimum Gasteiger partial charge on any atom is -0.337 e. The number of halogens is 6. The van der Waals surface area contributed by atoms with Crippen molar-refractivity contribution >= 4 is 27.0 Å². The fraction of sp³-hybridized carbons (Fsp3) is 0.300. The summed E-state index contributed by atoms with van der Waals surface area (Å²) < 4.78 is 63.4. The molecule has 18 heavy (non-hydrogen) atoms. The number of nitrogens with zero attached hydrogens (tertiary/aromatic N) is 1. The molecule has 2 nitrogen and oxygen atoms in total. The highest BCUT2D eigenvalue weighted by Gasteiger charge is 2.61. The second-order valence-electron chi connectivity index (χ2n) is 3.78. The van der Waals surface area contributed by atoms with Crippen molar-refractivity contribution in [3.63, 3.8) is 0 Å². The number of fused-ring (bicyclic) bond motifs is 1. The second-order valence-corrected chi connectivity index (χ2v) is 4.69. The molecule has 0 atom stereocenters.